The molecule has 0 saturated carbocycles. The molecule has 25 heavy (non-hydrogen) atoms. The van der Waals surface area contributed by atoms with Gasteiger partial charge in [0.05, 0.1) is 0 Å². The number of hydrogen-bond acceptors (Lipinski definition) is 5. The molecule has 6 heteroatoms. The number of benzene rings is 1. The van der Waals surface area contributed by atoms with Gasteiger partial charge in [-0.3, -0.25) is 0 Å². The van der Waals surface area contributed by atoms with E-state index >= 15 is 0 Å². The van der Waals surface area contributed by atoms with Gasteiger partial charge in [0.1, 0.15) is 23.9 Å². The van der Waals surface area contributed by atoms with Crippen LogP contribution < -0.4 is 10.1 Å². The van der Waals surface area contributed by atoms with Gasteiger partial charge in [-0.05, 0) is 37.1 Å². The van der Waals surface area contributed by atoms with Crippen molar-refractivity contribution in [3.05, 3.63) is 54.0 Å². The van der Waals surface area contributed by atoms with Gasteiger partial charge >= 0.3 is 0 Å². The second-order valence-electron chi connectivity index (χ2n) is 6.76. The van der Waals surface area contributed by atoms with Crippen LogP contribution in [0.25, 0.3) is 11.6 Å². The quantitative estimate of drug-likeness (QED) is 0.794. The third-order valence-corrected chi connectivity index (χ3v) is 5.00. The molecular formula is C19H20N4O2. The predicted octanol–water partition coefficient (Wildman–Crippen LogP) is 2.79. The summed E-state index contributed by atoms with van der Waals surface area (Å²) in [5.41, 5.74) is 0. The SMILES string of the molecule is c1ccc(OCc2ccc(-c3nnc4n3CC3CCC(C4)N3)o2)cc1. The van der Waals surface area contributed by atoms with Crippen LogP contribution in [-0.2, 0) is 19.6 Å². The molecule has 5 rings (SSSR count). The van der Waals surface area contributed by atoms with Crippen LogP contribution in [-0.4, -0.2) is 26.8 Å². The van der Waals surface area contributed by atoms with Gasteiger partial charge in [0.15, 0.2) is 11.6 Å². The summed E-state index contributed by atoms with van der Waals surface area (Å²) in [6.45, 7) is 1.31. The summed E-state index contributed by atoms with van der Waals surface area (Å²) in [5, 5.41) is 12.5. The molecule has 2 atom stereocenters. The van der Waals surface area contributed by atoms with Crippen molar-refractivity contribution >= 4 is 0 Å². The van der Waals surface area contributed by atoms with Gasteiger partial charge in [-0.1, -0.05) is 18.2 Å². The largest absolute Gasteiger partial charge is 0.486 e. The first kappa shape index (κ1) is 14.7. The third kappa shape index (κ3) is 2.82. The number of rotatable bonds is 4. The van der Waals surface area contributed by atoms with E-state index in [2.05, 4.69) is 20.1 Å². The maximum absolute atomic E-state index is 5.97. The summed E-state index contributed by atoms with van der Waals surface area (Å²) in [4.78, 5) is 0. The van der Waals surface area contributed by atoms with Gasteiger partial charge in [0.2, 0.25) is 0 Å². The standard InChI is InChI=1S/C19H20N4O2/c1-2-4-15(5-3-1)24-12-16-8-9-17(25-16)19-22-21-18-10-13-6-7-14(20-13)11-23(18)19/h1-5,8-9,13-14,20H,6-7,10-12H2. The van der Waals surface area contributed by atoms with E-state index in [0.29, 0.717) is 18.7 Å². The Morgan fingerprint density at radius 3 is 2.88 bits per heavy atom. The van der Waals surface area contributed by atoms with E-state index < -0.39 is 0 Å². The summed E-state index contributed by atoms with van der Waals surface area (Å²) in [6, 6.07) is 14.7. The van der Waals surface area contributed by atoms with Crippen LogP contribution in [0.15, 0.2) is 46.9 Å². The number of nitrogens with zero attached hydrogens (tertiary/aromatic N) is 3. The highest BCUT2D eigenvalue weighted by Crippen LogP contribution is 2.28. The number of nitrogens with one attached hydrogen (secondary N) is 1. The Hall–Kier alpha value is -2.60. The van der Waals surface area contributed by atoms with Crippen molar-refractivity contribution in [1.82, 2.24) is 20.1 Å². The van der Waals surface area contributed by atoms with E-state index in [0.717, 1.165) is 41.9 Å². The molecule has 1 saturated heterocycles. The summed E-state index contributed by atoms with van der Waals surface area (Å²) in [7, 11) is 0. The number of hydrogen-bond donors (Lipinski definition) is 1. The normalized spacial score (nSPS) is 21.8. The van der Waals surface area contributed by atoms with E-state index in [1.807, 2.05) is 42.5 Å². The predicted molar refractivity (Wildman–Crippen MR) is 92.1 cm³/mol. The number of aromatic nitrogens is 3. The molecule has 2 bridgehead atoms. The fourth-order valence-electron chi connectivity index (χ4n) is 3.76. The molecule has 0 amide bonds. The molecule has 0 aliphatic carbocycles. The average Bonchev–Trinajstić information content (AvgIpc) is 3.33. The first-order valence-corrected chi connectivity index (χ1v) is 8.80. The fourth-order valence-corrected chi connectivity index (χ4v) is 3.76. The second kappa shape index (κ2) is 6.04. The molecule has 2 aromatic heterocycles. The van der Waals surface area contributed by atoms with Crippen LogP contribution in [0.4, 0.5) is 0 Å². The molecule has 0 spiro atoms. The maximum Gasteiger partial charge on any atom is 0.199 e. The topological polar surface area (TPSA) is 65.1 Å². The van der Waals surface area contributed by atoms with E-state index in [1.165, 1.54) is 12.8 Å². The van der Waals surface area contributed by atoms with Gasteiger partial charge in [-0.15, -0.1) is 10.2 Å². The van der Waals surface area contributed by atoms with Gasteiger partial charge in [-0.25, -0.2) is 0 Å². The van der Waals surface area contributed by atoms with Crippen molar-refractivity contribution in [1.29, 1.82) is 0 Å². The average molecular weight is 336 g/mol. The zero-order chi connectivity index (χ0) is 16.6. The molecule has 2 aliphatic heterocycles. The molecule has 1 fully saturated rings. The molecule has 0 radical (unpaired) electrons. The van der Waals surface area contributed by atoms with E-state index in [1.54, 1.807) is 0 Å². The molecule has 3 aromatic rings. The van der Waals surface area contributed by atoms with E-state index in [4.69, 9.17) is 9.15 Å². The Labute approximate surface area is 145 Å². The minimum absolute atomic E-state index is 0.400. The number of ether oxygens (including phenoxy) is 1. The van der Waals surface area contributed by atoms with Crippen LogP contribution in [0.2, 0.25) is 0 Å². The van der Waals surface area contributed by atoms with Crippen LogP contribution in [0.1, 0.15) is 24.4 Å². The first-order chi connectivity index (χ1) is 12.3. The lowest BCUT2D eigenvalue weighted by Crippen LogP contribution is -2.30. The number of furan rings is 1. The van der Waals surface area contributed by atoms with Crippen LogP contribution in [0, 0.1) is 0 Å². The van der Waals surface area contributed by atoms with E-state index in [9.17, 15) is 0 Å². The summed E-state index contributed by atoms with van der Waals surface area (Å²) in [5.74, 6) is 4.23. The molecule has 1 aromatic carbocycles. The lowest BCUT2D eigenvalue weighted by atomic mass is 10.1. The molecular weight excluding hydrogens is 316 g/mol. The highest BCUT2D eigenvalue weighted by molar-refractivity contribution is 5.48. The Balaban J connectivity index is 1.36. The van der Waals surface area contributed by atoms with Crippen molar-refractivity contribution < 1.29 is 9.15 Å². The van der Waals surface area contributed by atoms with Crippen LogP contribution >= 0.6 is 0 Å². The Bertz CT molecular complexity index is 871. The molecule has 1 N–H and O–H groups in total. The van der Waals surface area contributed by atoms with E-state index in [-0.39, 0.29) is 0 Å². The highest BCUT2D eigenvalue weighted by Gasteiger charge is 2.31. The summed E-state index contributed by atoms with van der Waals surface area (Å²) >= 11 is 0. The smallest absolute Gasteiger partial charge is 0.199 e. The van der Waals surface area contributed by atoms with Crippen molar-refractivity contribution in [3.8, 4) is 17.3 Å². The van der Waals surface area contributed by atoms with Crippen molar-refractivity contribution in [3.63, 3.8) is 0 Å². The molecule has 2 unspecified atom stereocenters. The van der Waals surface area contributed by atoms with Crippen LogP contribution in [0.5, 0.6) is 5.75 Å². The lowest BCUT2D eigenvalue weighted by Gasteiger charge is -2.12. The fraction of sp³-hybridized carbons (Fsp3) is 0.368. The van der Waals surface area contributed by atoms with Gasteiger partial charge in [-0.2, -0.15) is 0 Å². The molecule has 4 heterocycles. The number of para-hydroxylation sites is 1. The monoisotopic (exact) mass is 336 g/mol. The van der Waals surface area contributed by atoms with Crippen molar-refractivity contribution in [2.75, 3.05) is 0 Å². The van der Waals surface area contributed by atoms with Gasteiger partial charge in [0.25, 0.3) is 0 Å². The molecule has 6 nitrogen and oxygen atoms in total. The lowest BCUT2D eigenvalue weighted by molar-refractivity contribution is 0.271. The zero-order valence-electron chi connectivity index (χ0n) is 13.9. The minimum atomic E-state index is 0.400. The first-order valence-electron chi connectivity index (χ1n) is 8.80. The summed E-state index contributed by atoms with van der Waals surface area (Å²) < 4.78 is 13.9. The van der Waals surface area contributed by atoms with Gasteiger partial charge in [0, 0.05) is 25.0 Å². The number of fused-ring (bicyclic) bond motifs is 3. The Kier molecular flexibility index (Phi) is 3.56. The maximum atomic E-state index is 5.97. The summed E-state index contributed by atoms with van der Waals surface area (Å²) in [6.07, 6.45) is 3.39. The highest BCUT2D eigenvalue weighted by atomic mass is 16.5. The molecule has 2 aliphatic rings. The molecule has 128 valence electrons. The zero-order valence-corrected chi connectivity index (χ0v) is 13.9. The van der Waals surface area contributed by atoms with Gasteiger partial charge < -0.3 is 19.0 Å². The van der Waals surface area contributed by atoms with Crippen LogP contribution in [0.3, 0.4) is 0 Å². The van der Waals surface area contributed by atoms with Crippen molar-refractivity contribution in [2.24, 2.45) is 0 Å². The third-order valence-electron chi connectivity index (χ3n) is 5.00. The van der Waals surface area contributed by atoms with Crippen molar-refractivity contribution in [2.45, 2.75) is 44.5 Å². The Morgan fingerprint density at radius 2 is 1.96 bits per heavy atom. The second-order valence-corrected chi connectivity index (χ2v) is 6.76. The Morgan fingerprint density at radius 1 is 1.08 bits per heavy atom. The minimum Gasteiger partial charge on any atom is -0.486 e.